The van der Waals surface area contributed by atoms with Crippen molar-refractivity contribution in [2.75, 3.05) is 5.75 Å². The lowest BCUT2D eigenvalue weighted by atomic mass is 10.1. The molecule has 1 aliphatic rings. The van der Waals surface area contributed by atoms with Gasteiger partial charge in [0.25, 0.3) is 0 Å². The lowest BCUT2D eigenvalue weighted by molar-refractivity contribution is 0.644. The Kier molecular flexibility index (Phi) is 2.23. The number of rotatable bonds is 2. The van der Waals surface area contributed by atoms with E-state index in [4.69, 9.17) is 0 Å². The van der Waals surface area contributed by atoms with E-state index in [1.54, 1.807) is 0 Å². The van der Waals surface area contributed by atoms with Gasteiger partial charge < -0.3 is 0 Å². The summed E-state index contributed by atoms with van der Waals surface area (Å²) >= 11 is 0. The van der Waals surface area contributed by atoms with Crippen LogP contribution in [0.15, 0.2) is 21.3 Å². The number of azo groups is 1. The van der Waals surface area contributed by atoms with Crippen LogP contribution in [-0.4, -0.2) is 15.5 Å². The molecular weight excluding hydrogens is 160 g/mol. The number of hydrogen-bond donors (Lipinski definition) is 0. The SMILES string of the molecule is CCS(=O)C1=CC(C)(C)N=N1. The Balaban J connectivity index is 2.80. The van der Waals surface area contributed by atoms with E-state index in [0.29, 0.717) is 10.8 Å². The van der Waals surface area contributed by atoms with Crippen LogP contribution in [0.5, 0.6) is 0 Å². The molecule has 11 heavy (non-hydrogen) atoms. The average molecular weight is 172 g/mol. The lowest BCUT2D eigenvalue weighted by Gasteiger charge is -2.04. The third-order valence-electron chi connectivity index (χ3n) is 1.38. The molecule has 1 aliphatic heterocycles. The molecule has 0 saturated carbocycles. The molecule has 0 bridgehead atoms. The van der Waals surface area contributed by atoms with E-state index in [1.807, 2.05) is 26.8 Å². The summed E-state index contributed by atoms with van der Waals surface area (Å²) in [5.74, 6) is 0.612. The first-order chi connectivity index (χ1) is 5.05. The fraction of sp³-hybridized carbons (Fsp3) is 0.714. The second-order valence-corrected chi connectivity index (χ2v) is 4.66. The van der Waals surface area contributed by atoms with E-state index in [1.165, 1.54) is 0 Å². The van der Waals surface area contributed by atoms with Crippen LogP contribution >= 0.6 is 0 Å². The van der Waals surface area contributed by atoms with Crippen molar-refractivity contribution in [1.29, 1.82) is 0 Å². The zero-order valence-electron chi connectivity index (χ0n) is 7.00. The van der Waals surface area contributed by atoms with Gasteiger partial charge in [-0.3, -0.25) is 4.21 Å². The molecule has 1 unspecified atom stereocenters. The van der Waals surface area contributed by atoms with Crippen molar-refractivity contribution < 1.29 is 4.21 Å². The smallest absolute Gasteiger partial charge is 0.147 e. The number of hydrogen-bond acceptors (Lipinski definition) is 3. The van der Waals surface area contributed by atoms with Gasteiger partial charge in [0, 0.05) is 5.75 Å². The van der Waals surface area contributed by atoms with Gasteiger partial charge in [-0.1, -0.05) is 6.92 Å². The molecule has 0 spiro atoms. The van der Waals surface area contributed by atoms with E-state index in [2.05, 4.69) is 10.2 Å². The maximum absolute atomic E-state index is 11.2. The molecule has 1 atom stereocenters. The Labute approximate surface area is 69.1 Å². The zero-order valence-corrected chi connectivity index (χ0v) is 7.81. The molecule has 0 radical (unpaired) electrons. The third kappa shape index (κ3) is 1.96. The molecule has 1 heterocycles. The standard InChI is InChI=1S/C7H12N2OS/c1-4-11(10)6-5-7(2,3)9-8-6/h5H,4H2,1-3H3. The molecule has 0 aromatic heterocycles. The quantitative estimate of drug-likeness (QED) is 0.626. The van der Waals surface area contributed by atoms with Crippen LogP contribution in [0, 0.1) is 0 Å². The minimum absolute atomic E-state index is 0.250. The van der Waals surface area contributed by atoms with Gasteiger partial charge in [0.15, 0.2) is 0 Å². The van der Waals surface area contributed by atoms with E-state index in [0.717, 1.165) is 0 Å². The molecule has 3 nitrogen and oxygen atoms in total. The Morgan fingerprint density at radius 2 is 2.27 bits per heavy atom. The van der Waals surface area contributed by atoms with E-state index < -0.39 is 10.8 Å². The fourth-order valence-electron chi connectivity index (χ4n) is 0.797. The van der Waals surface area contributed by atoms with Crippen LogP contribution in [0.3, 0.4) is 0 Å². The second kappa shape index (κ2) is 2.85. The van der Waals surface area contributed by atoms with Gasteiger partial charge in [-0.15, -0.1) is 5.11 Å². The van der Waals surface area contributed by atoms with E-state index >= 15 is 0 Å². The van der Waals surface area contributed by atoms with Gasteiger partial charge in [-0.2, -0.15) is 5.11 Å². The summed E-state index contributed by atoms with van der Waals surface area (Å²) in [6.07, 6.45) is 1.85. The molecule has 1 rings (SSSR count). The monoisotopic (exact) mass is 172 g/mol. The molecule has 0 saturated heterocycles. The highest BCUT2D eigenvalue weighted by Gasteiger charge is 2.22. The maximum atomic E-state index is 11.2. The summed E-state index contributed by atoms with van der Waals surface area (Å²) in [5, 5.41) is 8.43. The fourth-order valence-corrected chi connectivity index (χ4v) is 1.64. The first kappa shape index (κ1) is 8.59. The van der Waals surface area contributed by atoms with Crippen molar-refractivity contribution >= 4 is 10.8 Å². The highest BCUT2D eigenvalue weighted by molar-refractivity contribution is 7.88. The predicted molar refractivity (Wildman–Crippen MR) is 45.7 cm³/mol. The Hall–Kier alpha value is -0.510. The Morgan fingerprint density at radius 1 is 1.64 bits per heavy atom. The summed E-state index contributed by atoms with van der Waals surface area (Å²) in [6, 6.07) is 0. The van der Waals surface area contributed by atoms with Gasteiger partial charge in [0.2, 0.25) is 0 Å². The maximum Gasteiger partial charge on any atom is 0.147 e. The van der Waals surface area contributed by atoms with Crippen LogP contribution in [-0.2, 0) is 10.8 Å². The lowest BCUT2D eigenvalue weighted by Crippen LogP contribution is -2.08. The van der Waals surface area contributed by atoms with Crippen molar-refractivity contribution in [3.63, 3.8) is 0 Å². The molecule has 0 aromatic carbocycles. The van der Waals surface area contributed by atoms with Crippen LogP contribution in [0.2, 0.25) is 0 Å². The first-order valence-corrected chi connectivity index (χ1v) is 4.91. The molecule has 4 heteroatoms. The minimum Gasteiger partial charge on any atom is -0.253 e. The van der Waals surface area contributed by atoms with Gasteiger partial charge in [-0.05, 0) is 19.9 Å². The normalized spacial score (nSPS) is 23.4. The Morgan fingerprint density at radius 3 is 2.64 bits per heavy atom. The predicted octanol–water partition coefficient (Wildman–Crippen LogP) is 1.84. The molecular formula is C7H12N2OS. The van der Waals surface area contributed by atoms with E-state index in [-0.39, 0.29) is 5.54 Å². The van der Waals surface area contributed by atoms with Crippen molar-refractivity contribution in [3.8, 4) is 0 Å². The highest BCUT2D eigenvalue weighted by atomic mass is 32.2. The van der Waals surface area contributed by atoms with Crippen molar-refractivity contribution in [2.24, 2.45) is 10.2 Å². The largest absolute Gasteiger partial charge is 0.253 e. The molecule has 0 fully saturated rings. The Bertz CT molecular complexity index is 243. The zero-order chi connectivity index (χ0) is 8.48. The van der Waals surface area contributed by atoms with Crippen molar-refractivity contribution in [2.45, 2.75) is 26.3 Å². The van der Waals surface area contributed by atoms with Gasteiger partial charge in [0.05, 0.1) is 16.3 Å². The van der Waals surface area contributed by atoms with Gasteiger partial charge >= 0.3 is 0 Å². The summed E-state index contributed by atoms with van der Waals surface area (Å²) < 4.78 is 11.2. The molecule has 0 amide bonds. The highest BCUT2D eigenvalue weighted by Crippen LogP contribution is 2.24. The summed E-state index contributed by atoms with van der Waals surface area (Å²) in [6.45, 7) is 5.75. The van der Waals surface area contributed by atoms with Crippen LogP contribution in [0.1, 0.15) is 20.8 Å². The van der Waals surface area contributed by atoms with Crippen molar-refractivity contribution in [3.05, 3.63) is 11.1 Å². The summed E-state index contributed by atoms with van der Waals surface area (Å²) in [4.78, 5) is 0. The minimum atomic E-state index is -0.948. The average Bonchev–Trinajstić information content (AvgIpc) is 2.29. The van der Waals surface area contributed by atoms with Gasteiger partial charge in [0.1, 0.15) is 5.03 Å². The third-order valence-corrected chi connectivity index (χ3v) is 2.57. The van der Waals surface area contributed by atoms with Crippen LogP contribution in [0.4, 0.5) is 0 Å². The second-order valence-electron chi connectivity index (χ2n) is 2.97. The molecule has 0 aromatic rings. The molecule has 62 valence electrons. The van der Waals surface area contributed by atoms with Crippen LogP contribution in [0.25, 0.3) is 0 Å². The summed E-state index contributed by atoms with van der Waals surface area (Å²) in [5.41, 5.74) is -0.250. The van der Waals surface area contributed by atoms with Crippen LogP contribution < -0.4 is 0 Å². The van der Waals surface area contributed by atoms with Gasteiger partial charge in [-0.25, -0.2) is 0 Å². The topological polar surface area (TPSA) is 41.8 Å². The van der Waals surface area contributed by atoms with Crippen molar-refractivity contribution in [1.82, 2.24) is 0 Å². The first-order valence-electron chi connectivity index (χ1n) is 3.59. The van der Waals surface area contributed by atoms with E-state index in [9.17, 15) is 4.21 Å². The summed E-state index contributed by atoms with van der Waals surface area (Å²) in [7, 11) is -0.948. The molecule has 0 N–H and O–H groups in total. The molecule has 0 aliphatic carbocycles. The number of nitrogens with zero attached hydrogens (tertiary/aromatic N) is 2.